The van der Waals surface area contributed by atoms with Gasteiger partial charge in [0.25, 0.3) is 0 Å². The second-order valence-corrected chi connectivity index (χ2v) is 9.40. The number of β-amino-alcohol motifs (C(OH)–C–C–N with tert-alkyl or cyclic N) is 1. The molecule has 8 nitrogen and oxygen atoms in total. The van der Waals surface area contributed by atoms with E-state index in [0.29, 0.717) is 6.54 Å². The molecule has 2 fully saturated rings. The maximum atomic E-state index is 12.9. The molecule has 3 N–H and O–H groups in total. The zero-order chi connectivity index (χ0) is 28.1. The van der Waals surface area contributed by atoms with Crippen molar-refractivity contribution in [2.45, 2.75) is 49.9 Å². The van der Waals surface area contributed by atoms with Gasteiger partial charge in [-0.15, -0.1) is 0 Å². The smallest absolute Gasteiger partial charge is 0.475 e. The molecule has 2 aliphatic rings. The number of aliphatic hydroxyl groups is 1. The van der Waals surface area contributed by atoms with Crippen LogP contribution in [-0.2, 0) is 17.5 Å². The van der Waals surface area contributed by atoms with Crippen LogP contribution in [0.25, 0.3) is 0 Å². The van der Waals surface area contributed by atoms with Gasteiger partial charge in [0.2, 0.25) is 5.82 Å². The molecule has 0 saturated carbocycles. The lowest BCUT2D eigenvalue weighted by Crippen LogP contribution is -2.49. The van der Waals surface area contributed by atoms with Crippen LogP contribution in [0.4, 0.5) is 32.2 Å². The summed E-state index contributed by atoms with van der Waals surface area (Å²) in [5.41, 5.74) is 1.22. The first-order chi connectivity index (χ1) is 17.7. The first kappa shape index (κ1) is 29.9. The van der Waals surface area contributed by atoms with Crippen molar-refractivity contribution in [3.05, 3.63) is 52.9 Å². The van der Waals surface area contributed by atoms with Gasteiger partial charge in [0.15, 0.2) is 0 Å². The molecule has 2 aromatic rings. The van der Waals surface area contributed by atoms with E-state index >= 15 is 0 Å². The molecule has 0 unspecified atom stereocenters. The average molecular weight is 570 g/mol. The number of likely N-dealkylation sites (tertiary alicyclic amines) is 1. The molecule has 2 atom stereocenters. The second kappa shape index (κ2) is 12.5. The van der Waals surface area contributed by atoms with Gasteiger partial charge in [0.1, 0.15) is 5.82 Å². The highest BCUT2D eigenvalue weighted by molar-refractivity contribution is 6.30. The first-order valence-corrected chi connectivity index (χ1v) is 12.0. The van der Waals surface area contributed by atoms with Crippen molar-refractivity contribution in [3.63, 3.8) is 0 Å². The fraction of sp³-hybridized carbons (Fsp3) is 0.522. The maximum Gasteiger partial charge on any atom is 0.490 e. The van der Waals surface area contributed by atoms with E-state index in [2.05, 4.69) is 20.2 Å². The zero-order valence-electron chi connectivity index (χ0n) is 19.9. The van der Waals surface area contributed by atoms with Crippen molar-refractivity contribution in [2.75, 3.05) is 31.1 Å². The summed E-state index contributed by atoms with van der Waals surface area (Å²) in [6.07, 6.45) is -7.34. The third-order valence-electron chi connectivity index (χ3n) is 6.11. The Labute approximate surface area is 219 Å². The zero-order valence-corrected chi connectivity index (χ0v) is 20.6. The Hall–Kier alpha value is -2.68. The van der Waals surface area contributed by atoms with Crippen LogP contribution >= 0.6 is 11.6 Å². The molecule has 15 heteroatoms. The van der Waals surface area contributed by atoms with Gasteiger partial charge in [-0.2, -0.15) is 26.3 Å². The molecule has 2 saturated heterocycles. The number of carboxylic acids is 1. The van der Waals surface area contributed by atoms with Gasteiger partial charge < -0.3 is 20.4 Å². The Bertz CT molecular complexity index is 1060. The lowest BCUT2D eigenvalue weighted by molar-refractivity contribution is -0.192. The van der Waals surface area contributed by atoms with Crippen molar-refractivity contribution in [2.24, 2.45) is 0 Å². The average Bonchev–Trinajstić information content (AvgIpc) is 3.21. The summed E-state index contributed by atoms with van der Waals surface area (Å²) in [5, 5.41) is 21.8. The quantitative estimate of drug-likeness (QED) is 0.470. The Morgan fingerprint density at radius 2 is 1.66 bits per heavy atom. The van der Waals surface area contributed by atoms with Crippen LogP contribution < -0.4 is 10.2 Å². The number of carboxylic acid groups (broad SMARTS) is 1. The molecule has 0 spiro atoms. The molecule has 0 radical (unpaired) electrons. The maximum absolute atomic E-state index is 12.9. The van der Waals surface area contributed by atoms with E-state index in [-0.39, 0.29) is 24.4 Å². The summed E-state index contributed by atoms with van der Waals surface area (Å²) >= 11 is 5.94. The molecular weight excluding hydrogens is 544 g/mol. The minimum atomic E-state index is -5.08. The molecule has 210 valence electrons. The highest BCUT2D eigenvalue weighted by Crippen LogP contribution is 2.28. The summed E-state index contributed by atoms with van der Waals surface area (Å²) < 4.78 is 70.4. The van der Waals surface area contributed by atoms with Crippen molar-refractivity contribution in [1.29, 1.82) is 0 Å². The fourth-order valence-corrected chi connectivity index (χ4v) is 4.33. The molecule has 2 aliphatic heterocycles. The van der Waals surface area contributed by atoms with Gasteiger partial charge in [-0.1, -0.05) is 23.7 Å². The minimum Gasteiger partial charge on any atom is -0.475 e. The number of aliphatic hydroxyl groups excluding tert-OH is 1. The number of nitrogens with zero attached hydrogens (tertiary/aromatic N) is 4. The number of rotatable bonds is 5. The molecule has 0 bridgehead atoms. The van der Waals surface area contributed by atoms with Crippen molar-refractivity contribution >= 4 is 23.4 Å². The summed E-state index contributed by atoms with van der Waals surface area (Å²) in [4.78, 5) is 19.9. The third-order valence-corrected chi connectivity index (χ3v) is 6.36. The standard InChI is InChI=1S/C21H25ClF3N5O.C2HF3O2/c22-15-3-1-14(2-4-15)11-29-9-6-16(7-10-29)27-17-12-30(13-18(17)31)19-5-8-26-20(28-19)21(23,24)25;3-2(4,5)1(6)7/h1-5,8,16-18,27,31H,6-7,9-13H2;(H,6,7)/t17-,18-;/m1./s1. The predicted octanol–water partition coefficient (Wildman–Crippen LogP) is 3.59. The number of aromatic nitrogens is 2. The molecule has 0 amide bonds. The molecule has 38 heavy (non-hydrogen) atoms. The van der Waals surface area contributed by atoms with Crippen LogP contribution in [0.5, 0.6) is 0 Å². The van der Waals surface area contributed by atoms with Gasteiger partial charge in [-0.05, 0) is 49.7 Å². The lowest BCUT2D eigenvalue weighted by atomic mass is 10.0. The van der Waals surface area contributed by atoms with Gasteiger partial charge in [0.05, 0.1) is 12.1 Å². The van der Waals surface area contributed by atoms with Gasteiger partial charge in [0, 0.05) is 36.9 Å². The van der Waals surface area contributed by atoms with Crippen molar-refractivity contribution < 1.29 is 41.4 Å². The normalized spacial score (nSPS) is 21.2. The Kier molecular flexibility index (Phi) is 9.79. The van der Waals surface area contributed by atoms with E-state index in [0.717, 1.165) is 43.7 Å². The van der Waals surface area contributed by atoms with Crippen LogP contribution in [-0.4, -0.2) is 81.6 Å². The fourth-order valence-electron chi connectivity index (χ4n) is 4.21. The Morgan fingerprint density at radius 1 is 1.05 bits per heavy atom. The molecule has 3 heterocycles. The number of alkyl halides is 6. The second-order valence-electron chi connectivity index (χ2n) is 8.96. The van der Waals surface area contributed by atoms with Gasteiger partial charge in [-0.3, -0.25) is 4.90 Å². The summed E-state index contributed by atoms with van der Waals surface area (Å²) in [7, 11) is 0. The lowest BCUT2D eigenvalue weighted by Gasteiger charge is -2.34. The summed E-state index contributed by atoms with van der Waals surface area (Å²) in [6.45, 7) is 3.39. The van der Waals surface area contributed by atoms with E-state index in [1.807, 2.05) is 24.3 Å². The summed E-state index contributed by atoms with van der Waals surface area (Å²) in [5.74, 6) is -3.74. The largest absolute Gasteiger partial charge is 0.490 e. The molecular formula is C23H26ClF6N5O3. The topological polar surface area (TPSA) is 102 Å². The Morgan fingerprint density at radius 3 is 2.21 bits per heavy atom. The van der Waals surface area contributed by atoms with Crippen LogP contribution in [0.3, 0.4) is 0 Å². The molecule has 4 rings (SSSR count). The van der Waals surface area contributed by atoms with Crippen LogP contribution in [0.15, 0.2) is 36.5 Å². The van der Waals surface area contributed by atoms with E-state index < -0.39 is 30.3 Å². The Balaban J connectivity index is 0.000000505. The van der Waals surface area contributed by atoms with Crippen LogP contribution in [0, 0.1) is 0 Å². The number of halogens is 7. The number of hydrogen-bond donors (Lipinski definition) is 3. The highest BCUT2D eigenvalue weighted by Gasteiger charge is 2.39. The number of carbonyl (C=O) groups is 1. The van der Waals surface area contributed by atoms with Crippen molar-refractivity contribution in [1.82, 2.24) is 20.2 Å². The number of benzene rings is 1. The predicted molar refractivity (Wildman–Crippen MR) is 126 cm³/mol. The molecule has 1 aromatic carbocycles. The summed E-state index contributed by atoms with van der Waals surface area (Å²) in [6, 6.07) is 9.36. The first-order valence-electron chi connectivity index (χ1n) is 11.6. The number of anilines is 1. The SMILES string of the molecule is O=C(O)C(F)(F)F.O[C@@H]1CN(c2ccnc(C(F)(F)F)n2)C[C@H]1NC1CCN(Cc2ccc(Cl)cc2)CC1. The van der Waals surface area contributed by atoms with Gasteiger partial charge in [-0.25, -0.2) is 14.8 Å². The van der Waals surface area contributed by atoms with E-state index in [9.17, 15) is 31.4 Å². The number of aliphatic carboxylic acids is 1. The highest BCUT2D eigenvalue weighted by atomic mass is 35.5. The third kappa shape index (κ3) is 8.68. The van der Waals surface area contributed by atoms with E-state index in [1.54, 1.807) is 4.90 Å². The number of nitrogens with one attached hydrogen (secondary N) is 1. The van der Waals surface area contributed by atoms with E-state index in [4.69, 9.17) is 21.5 Å². The van der Waals surface area contributed by atoms with Crippen LogP contribution in [0.1, 0.15) is 24.2 Å². The number of piperidine rings is 1. The number of hydrogen-bond acceptors (Lipinski definition) is 7. The van der Waals surface area contributed by atoms with Crippen LogP contribution in [0.2, 0.25) is 5.02 Å². The monoisotopic (exact) mass is 569 g/mol. The van der Waals surface area contributed by atoms with Crippen molar-refractivity contribution in [3.8, 4) is 0 Å². The molecule has 0 aliphatic carbocycles. The minimum absolute atomic E-state index is 0.184. The molecule has 1 aromatic heterocycles. The van der Waals surface area contributed by atoms with Gasteiger partial charge >= 0.3 is 18.3 Å². The van der Waals surface area contributed by atoms with E-state index in [1.165, 1.54) is 11.6 Å².